The van der Waals surface area contributed by atoms with Crippen LogP contribution in [0.2, 0.25) is 0 Å². The second-order valence-electron chi connectivity index (χ2n) is 6.72. The Morgan fingerprint density at radius 2 is 1.84 bits per heavy atom. The molecule has 1 heterocycles. The van der Waals surface area contributed by atoms with Crippen LogP contribution < -0.4 is 9.47 Å². The number of aromatic nitrogens is 1. The zero-order valence-corrected chi connectivity index (χ0v) is 16.8. The smallest absolute Gasteiger partial charge is 0.416 e. The third-order valence-electron chi connectivity index (χ3n) is 4.44. The molecule has 0 radical (unpaired) electrons. The fourth-order valence-corrected chi connectivity index (χ4v) is 2.86. The van der Waals surface area contributed by atoms with Gasteiger partial charge in [-0.3, -0.25) is 0 Å². The fourth-order valence-electron chi connectivity index (χ4n) is 2.86. The number of hydrogen-bond donors (Lipinski definition) is 1. The Bertz CT molecular complexity index is 1060. The molecule has 3 rings (SSSR count). The summed E-state index contributed by atoms with van der Waals surface area (Å²) in [5.41, 5.74) is 1.04. The highest BCUT2D eigenvalue weighted by Gasteiger charge is 2.30. The highest BCUT2D eigenvalue weighted by molar-refractivity contribution is 5.68. The van der Waals surface area contributed by atoms with Crippen LogP contribution in [0.25, 0.3) is 11.5 Å². The number of nitrogens with zero attached hydrogens (tertiary/aromatic N) is 1. The molecule has 0 atom stereocenters. The van der Waals surface area contributed by atoms with E-state index in [1.807, 2.05) is 6.92 Å². The number of halogens is 3. The summed E-state index contributed by atoms with van der Waals surface area (Å²) in [7, 11) is 0. The monoisotopic (exact) mass is 435 g/mol. The first-order valence-electron chi connectivity index (χ1n) is 9.41. The van der Waals surface area contributed by atoms with Crippen LogP contribution in [0, 0.1) is 6.92 Å². The molecule has 0 amide bonds. The number of oxazole rings is 1. The summed E-state index contributed by atoms with van der Waals surface area (Å²) in [6.45, 7) is 3.28. The molecule has 0 aliphatic rings. The first kappa shape index (κ1) is 22.2. The van der Waals surface area contributed by atoms with Crippen molar-refractivity contribution in [1.82, 2.24) is 4.98 Å². The minimum atomic E-state index is -4.41. The maximum absolute atomic E-state index is 12.7. The average molecular weight is 435 g/mol. The van der Waals surface area contributed by atoms with E-state index in [4.69, 9.17) is 19.0 Å². The predicted molar refractivity (Wildman–Crippen MR) is 105 cm³/mol. The molecule has 0 aliphatic heterocycles. The second kappa shape index (κ2) is 9.11. The molecule has 0 bridgehead atoms. The van der Waals surface area contributed by atoms with Crippen LogP contribution in [0.3, 0.4) is 0 Å². The van der Waals surface area contributed by atoms with Gasteiger partial charge >= 0.3 is 12.1 Å². The van der Waals surface area contributed by atoms with Crippen molar-refractivity contribution in [1.29, 1.82) is 0 Å². The third-order valence-corrected chi connectivity index (χ3v) is 4.44. The van der Waals surface area contributed by atoms with Gasteiger partial charge in [-0.15, -0.1) is 0 Å². The second-order valence-corrected chi connectivity index (χ2v) is 6.72. The quantitative estimate of drug-likeness (QED) is 0.519. The molecular formula is C22H20F3NO5. The molecule has 0 spiro atoms. The van der Waals surface area contributed by atoms with Crippen molar-refractivity contribution in [2.75, 3.05) is 6.61 Å². The number of benzene rings is 2. The minimum Gasteiger partial charge on any atom is -0.486 e. The lowest BCUT2D eigenvalue weighted by Crippen LogP contribution is -2.10. The van der Waals surface area contributed by atoms with E-state index in [2.05, 4.69) is 4.98 Å². The van der Waals surface area contributed by atoms with Gasteiger partial charge < -0.3 is 19.0 Å². The normalized spacial score (nSPS) is 11.4. The van der Waals surface area contributed by atoms with Crippen molar-refractivity contribution in [2.45, 2.75) is 33.1 Å². The summed E-state index contributed by atoms with van der Waals surface area (Å²) >= 11 is 0. The van der Waals surface area contributed by atoms with Crippen molar-refractivity contribution >= 4 is 5.97 Å². The zero-order chi connectivity index (χ0) is 22.6. The molecule has 0 aliphatic carbocycles. The molecule has 2 aromatic carbocycles. The number of carboxylic acid groups (broad SMARTS) is 1. The van der Waals surface area contributed by atoms with Crippen LogP contribution in [-0.2, 0) is 24.0 Å². The Labute approximate surface area is 176 Å². The molecule has 1 aromatic heterocycles. The molecule has 31 heavy (non-hydrogen) atoms. The third kappa shape index (κ3) is 5.56. The maximum atomic E-state index is 12.7. The number of ether oxygens (including phenoxy) is 2. The lowest BCUT2D eigenvalue weighted by atomic mass is 10.1. The van der Waals surface area contributed by atoms with Crippen LogP contribution in [0.5, 0.6) is 11.5 Å². The van der Waals surface area contributed by atoms with Gasteiger partial charge in [-0.25, -0.2) is 9.78 Å². The Hall–Kier alpha value is -3.49. The summed E-state index contributed by atoms with van der Waals surface area (Å²) in [6, 6.07) is 9.56. The van der Waals surface area contributed by atoms with E-state index in [-0.39, 0.29) is 12.5 Å². The van der Waals surface area contributed by atoms with Crippen LogP contribution in [-0.4, -0.2) is 22.7 Å². The van der Waals surface area contributed by atoms with Gasteiger partial charge in [-0.2, -0.15) is 13.2 Å². The summed E-state index contributed by atoms with van der Waals surface area (Å²) in [5, 5.41) is 8.70. The van der Waals surface area contributed by atoms with E-state index >= 15 is 0 Å². The van der Waals surface area contributed by atoms with Crippen molar-refractivity contribution in [3.05, 3.63) is 65.0 Å². The minimum absolute atomic E-state index is 0.0750. The summed E-state index contributed by atoms with van der Waals surface area (Å²) in [5.74, 6) is 0.586. The van der Waals surface area contributed by atoms with E-state index in [1.165, 1.54) is 12.1 Å². The van der Waals surface area contributed by atoms with Gasteiger partial charge in [-0.05, 0) is 61.4 Å². The lowest BCUT2D eigenvalue weighted by molar-refractivity contribution is -0.139. The molecular weight excluding hydrogens is 415 g/mol. The number of carboxylic acids is 1. The Morgan fingerprint density at radius 1 is 1.13 bits per heavy atom. The number of carbonyl (C=O) groups is 1. The molecule has 0 unspecified atom stereocenters. The first-order chi connectivity index (χ1) is 14.7. The van der Waals surface area contributed by atoms with Crippen molar-refractivity contribution < 1.29 is 37.0 Å². The number of aliphatic carboxylic acids is 1. The predicted octanol–water partition coefficient (Wildman–Crippen LogP) is 5.27. The van der Waals surface area contributed by atoms with E-state index in [0.717, 1.165) is 12.1 Å². The molecule has 1 N–H and O–H groups in total. The van der Waals surface area contributed by atoms with Crippen LogP contribution in [0.4, 0.5) is 13.2 Å². The number of hydrogen-bond acceptors (Lipinski definition) is 5. The topological polar surface area (TPSA) is 81.8 Å². The average Bonchev–Trinajstić information content (AvgIpc) is 3.14. The Kier molecular flexibility index (Phi) is 6.53. The highest BCUT2D eigenvalue weighted by atomic mass is 19.4. The van der Waals surface area contributed by atoms with Crippen molar-refractivity contribution in [3.8, 4) is 23.0 Å². The maximum Gasteiger partial charge on any atom is 0.416 e. The zero-order valence-electron chi connectivity index (χ0n) is 16.8. The Morgan fingerprint density at radius 3 is 2.42 bits per heavy atom. The van der Waals surface area contributed by atoms with Crippen LogP contribution in [0.1, 0.15) is 29.5 Å². The van der Waals surface area contributed by atoms with Crippen LogP contribution in [0.15, 0.2) is 46.9 Å². The summed E-state index contributed by atoms with van der Waals surface area (Å²) < 4.78 is 54.9. The van der Waals surface area contributed by atoms with Crippen molar-refractivity contribution in [3.63, 3.8) is 0 Å². The summed E-state index contributed by atoms with van der Waals surface area (Å²) in [6.07, 6.45) is -3.85. The van der Waals surface area contributed by atoms with E-state index in [1.54, 1.807) is 25.1 Å². The number of aryl methyl sites for hydroxylation is 2. The highest BCUT2D eigenvalue weighted by Crippen LogP contribution is 2.31. The van der Waals surface area contributed by atoms with Crippen molar-refractivity contribution in [2.24, 2.45) is 0 Å². The fraction of sp³-hybridized carbons (Fsp3) is 0.273. The van der Waals surface area contributed by atoms with E-state index in [0.29, 0.717) is 40.5 Å². The van der Waals surface area contributed by atoms with E-state index < -0.39 is 24.3 Å². The number of alkyl halides is 3. The van der Waals surface area contributed by atoms with Gasteiger partial charge in [0.05, 0.1) is 11.3 Å². The van der Waals surface area contributed by atoms with Gasteiger partial charge in [0.15, 0.2) is 12.4 Å². The van der Waals surface area contributed by atoms with E-state index in [9.17, 15) is 18.0 Å². The largest absolute Gasteiger partial charge is 0.486 e. The standard InChI is InChI=1S/C22H20F3NO5/c1-3-17-19(11-29-16-8-9-18(13(2)10-16)30-12-20(27)28)31-21(26-17)14-4-6-15(7-5-14)22(23,24)25/h4-10H,3,11-12H2,1-2H3,(H,27,28). The molecule has 0 fully saturated rings. The Balaban J connectivity index is 1.72. The van der Waals surface area contributed by atoms with Gasteiger partial charge in [-0.1, -0.05) is 6.92 Å². The van der Waals surface area contributed by atoms with Gasteiger partial charge in [0, 0.05) is 5.56 Å². The van der Waals surface area contributed by atoms with Gasteiger partial charge in [0.1, 0.15) is 18.1 Å². The molecule has 0 saturated heterocycles. The molecule has 6 nitrogen and oxygen atoms in total. The summed E-state index contributed by atoms with van der Waals surface area (Å²) in [4.78, 5) is 15.0. The molecule has 9 heteroatoms. The SMILES string of the molecule is CCc1nc(-c2ccc(C(F)(F)F)cc2)oc1COc1ccc(OCC(=O)O)c(C)c1. The van der Waals surface area contributed by atoms with Crippen LogP contribution >= 0.6 is 0 Å². The molecule has 164 valence electrons. The molecule has 0 saturated carbocycles. The number of rotatable bonds is 8. The molecule has 3 aromatic rings. The van der Waals surface area contributed by atoms with Gasteiger partial charge in [0.25, 0.3) is 0 Å². The lowest BCUT2D eigenvalue weighted by Gasteiger charge is -2.10. The first-order valence-corrected chi connectivity index (χ1v) is 9.41. The van der Waals surface area contributed by atoms with Gasteiger partial charge in [0.2, 0.25) is 5.89 Å².